The fraction of sp³-hybridized carbons (Fsp3) is 0.263. The first kappa shape index (κ1) is 36.4. The zero-order chi connectivity index (χ0) is 35.6. The molecule has 3 amide bonds. The van der Waals surface area contributed by atoms with Crippen LogP contribution in [0.1, 0.15) is 53.4 Å². The van der Waals surface area contributed by atoms with Crippen molar-refractivity contribution < 1.29 is 37.1 Å². The van der Waals surface area contributed by atoms with E-state index in [9.17, 15) is 32.3 Å². The Bertz CT molecular complexity index is 1770. The molecule has 4 aromatic carbocycles. The molecule has 0 radical (unpaired) electrons. The first-order valence-electron chi connectivity index (χ1n) is 15.9. The summed E-state index contributed by atoms with van der Waals surface area (Å²) in [4.78, 5) is 53.3. The van der Waals surface area contributed by atoms with E-state index >= 15 is 0 Å². The van der Waals surface area contributed by atoms with Gasteiger partial charge in [-0.15, -0.1) is 0 Å². The number of esters is 1. The topological polar surface area (TPSA) is 114 Å². The molecular weight excluding hydrogens is 635 g/mol. The lowest BCUT2D eigenvalue weighted by Gasteiger charge is -2.31. The van der Waals surface area contributed by atoms with E-state index in [2.05, 4.69) is 16.0 Å². The van der Waals surface area contributed by atoms with E-state index in [4.69, 9.17) is 4.74 Å². The van der Waals surface area contributed by atoms with E-state index in [0.29, 0.717) is 34.4 Å². The van der Waals surface area contributed by atoms with E-state index in [1.165, 1.54) is 12.1 Å². The molecule has 0 aliphatic carbocycles. The van der Waals surface area contributed by atoms with E-state index in [1.54, 1.807) is 86.6 Å². The maximum absolute atomic E-state index is 13.4. The van der Waals surface area contributed by atoms with E-state index in [1.807, 2.05) is 6.92 Å². The van der Waals surface area contributed by atoms with Crippen molar-refractivity contribution in [2.24, 2.45) is 0 Å². The number of alkyl halides is 3. The van der Waals surface area contributed by atoms with Crippen LogP contribution < -0.4 is 16.0 Å². The van der Waals surface area contributed by atoms with Crippen LogP contribution in [0.5, 0.6) is 0 Å². The molecule has 4 aromatic rings. The summed E-state index contributed by atoms with van der Waals surface area (Å²) in [6.07, 6.45) is -4.13. The van der Waals surface area contributed by atoms with Gasteiger partial charge in [-0.3, -0.25) is 19.2 Å². The Labute approximate surface area is 283 Å². The standard InChI is InChI=1S/C38H38F3N3O5/c1-4-26-22-25(23-33(45)49-24-37(35(47)42-5-2,36(48)43-6-3)28-12-8-7-9-13-28)16-21-32(26)44-34(46)31-15-11-10-14-30(31)27-17-19-29(20-18-27)38(39,40)41/h7-22H,4-6,23-24H2,1-3H3,(H,42,47)(H,43,48)(H,44,46). The molecule has 0 saturated carbocycles. The van der Waals surface area contributed by atoms with Crippen LogP contribution >= 0.6 is 0 Å². The Kier molecular flexibility index (Phi) is 12.0. The molecule has 49 heavy (non-hydrogen) atoms. The number of carbonyl (C=O) groups excluding carboxylic acids is 4. The molecule has 0 aliphatic heterocycles. The smallest absolute Gasteiger partial charge is 0.416 e. The van der Waals surface area contributed by atoms with E-state index < -0.39 is 47.5 Å². The largest absolute Gasteiger partial charge is 0.463 e. The number of hydrogen-bond donors (Lipinski definition) is 3. The quantitative estimate of drug-likeness (QED) is 0.111. The number of nitrogens with one attached hydrogen (secondary N) is 3. The van der Waals surface area contributed by atoms with Crippen LogP contribution in [0.15, 0.2) is 97.1 Å². The van der Waals surface area contributed by atoms with Crippen LogP contribution in [0.25, 0.3) is 11.1 Å². The number of aryl methyl sites for hydroxylation is 1. The molecule has 0 unspecified atom stereocenters. The van der Waals surface area contributed by atoms with Crippen LogP contribution in [0, 0.1) is 0 Å². The maximum atomic E-state index is 13.4. The SMILES string of the molecule is CCNC(=O)C(COC(=O)Cc1ccc(NC(=O)c2ccccc2-c2ccc(C(F)(F)F)cc2)c(CC)c1)(C(=O)NCC)c1ccccc1. The van der Waals surface area contributed by atoms with Gasteiger partial charge < -0.3 is 20.7 Å². The van der Waals surface area contributed by atoms with Gasteiger partial charge in [0.2, 0.25) is 11.8 Å². The molecule has 0 atom stereocenters. The minimum atomic E-state index is -4.47. The Hall–Kier alpha value is -5.45. The van der Waals surface area contributed by atoms with Gasteiger partial charge in [-0.2, -0.15) is 13.2 Å². The molecule has 4 rings (SSSR count). The van der Waals surface area contributed by atoms with Crippen LogP contribution in [-0.2, 0) is 43.6 Å². The third-order valence-electron chi connectivity index (χ3n) is 8.01. The highest BCUT2D eigenvalue weighted by Crippen LogP contribution is 2.32. The first-order chi connectivity index (χ1) is 23.4. The molecule has 256 valence electrons. The molecule has 0 heterocycles. The molecule has 0 fully saturated rings. The minimum absolute atomic E-state index is 0.159. The van der Waals surface area contributed by atoms with Gasteiger partial charge in [-0.25, -0.2) is 0 Å². The number of benzene rings is 4. The molecular formula is C38H38F3N3O5. The summed E-state index contributed by atoms with van der Waals surface area (Å²) >= 11 is 0. The summed E-state index contributed by atoms with van der Waals surface area (Å²) in [6, 6.07) is 24.8. The summed E-state index contributed by atoms with van der Waals surface area (Å²) < 4.78 is 44.9. The van der Waals surface area contributed by atoms with Gasteiger partial charge in [0.05, 0.1) is 12.0 Å². The molecule has 0 saturated heterocycles. The van der Waals surface area contributed by atoms with Gasteiger partial charge in [0, 0.05) is 24.3 Å². The summed E-state index contributed by atoms with van der Waals surface area (Å²) in [7, 11) is 0. The second-order valence-electron chi connectivity index (χ2n) is 11.2. The van der Waals surface area contributed by atoms with Gasteiger partial charge >= 0.3 is 12.1 Å². The normalized spacial score (nSPS) is 11.4. The average Bonchev–Trinajstić information content (AvgIpc) is 3.09. The van der Waals surface area contributed by atoms with Crippen LogP contribution in [-0.4, -0.2) is 43.4 Å². The predicted molar refractivity (Wildman–Crippen MR) is 181 cm³/mol. The summed E-state index contributed by atoms with van der Waals surface area (Å²) in [5.74, 6) is -2.29. The highest BCUT2D eigenvalue weighted by molar-refractivity contribution is 6.11. The average molecular weight is 674 g/mol. The zero-order valence-electron chi connectivity index (χ0n) is 27.4. The van der Waals surface area contributed by atoms with Crippen molar-refractivity contribution in [2.45, 2.75) is 45.2 Å². The number of hydrogen-bond acceptors (Lipinski definition) is 5. The van der Waals surface area contributed by atoms with Crippen molar-refractivity contribution in [2.75, 3.05) is 25.0 Å². The number of halogens is 3. The van der Waals surface area contributed by atoms with E-state index in [-0.39, 0.29) is 25.1 Å². The fourth-order valence-electron chi connectivity index (χ4n) is 5.46. The Morgan fingerprint density at radius 1 is 0.714 bits per heavy atom. The number of likely N-dealkylation sites (N-methyl/N-ethyl adjacent to an activating group) is 2. The summed E-state index contributed by atoms with van der Waals surface area (Å²) in [6.45, 7) is 5.37. The Morgan fingerprint density at radius 3 is 1.92 bits per heavy atom. The van der Waals surface area contributed by atoms with Crippen LogP contribution in [0.4, 0.5) is 18.9 Å². The van der Waals surface area contributed by atoms with Gasteiger partial charge in [-0.05, 0) is 72.4 Å². The summed E-state index contributed by atoms with van der Waals surface area (Å²) in [5, 5.41) is 8.29. The molecule has 0 aliphatic rings. The molecule has 0 bridgehead atoms. The molecule has 8 nitrogen and oxygen atoms in total. The lowest BCUT2D eigenvalue weighted by Crippen LogP contribution is -2.57. The lowest BCUT2D eigenvalue weighted by molar-refractivity contribution is -0.150. The number of amides is 3. The van der Waals surface area contributed by atoms with Crippen molar-refractivity contribution in [1.29, 1.82) is 0 Å². The van der Waals surface area contributed by atoms with Crippen LogP contribution in [0.3, 0.4) is 0 Å². The highest BCUT2D eigenvalue weighted by Gasteiger charge is 2.48. The van der Waals surface area contributed by atoms with E-state index in [0.717, 1.165) is 17.7 Å². The molecule has 0 spiro atoms. The minimum Gasteiger partial charge on any atom is -0.463 e. The predicted octanol–water partition coefficient (Wildman–Crippen LogP) is 6.48. The third-order valence-corrected chi connectivity index (χ3v) is 8.01. The lowest BCUT2D eigenvalue weighted by atomic mass is 9.79. The molecule has 3 N–H and O–H groups in total. The first-order valence-corrected chi connectivity index (χ1v) is 15.9. The fourth-order valence-corrected chi connectivity index (χ4v) is 5.46. The van der Waals surface area contributed by atoms with Gasteiger partial charge in [0.15, 0.2) is 5.41 Å². The van der Waals surface area contributed by atoms with Crippen molar-refractivity contribution in [1.82, 2.24) is 10.6 Å². The van der Waals surface area contributed by atoms with Crippen molar-refractivity contribution >= 4 is 29.4 Å². The maximum Gasteiger partial charge on any atom is 0.416 e. The van der Waals surface area contributed by atoms with Gasteiger partial charge in [0.25, 0.3) is 5.91 Å². The van der Waals surface area contributed by atoms with Gasteiger partial charge in [0.1, 0.15) is 6.61 Å². The summed E-state index contributed by atoms with van der Waals surface area (Å²) in [5.41, 5.74) is 0.822. The van der Waals surface area contributed by atoms with Crippen molar-refractivity contribution in [3.63, 3.8) is 0 Å². The third kappa shape index (κ3) is 8.53. The Balaban J connectivity index is 1.51. The zero-order valence-corrected chi connectivity index (χ0v) is 27.4. The van der Waals surface area contributed by atoms with Crippen LogP contribution in [0.2, 0.25) is 0 Å². The highest BCUT2D eigenvalue weighted by atomic mass is 19.4. The monoisotopic (exact) mass is 673 g/mol. The van der Waals surface area contributed by atoms with Gasteiger partial charge in [-0.1, -0.05) is 79.7 Å². The number of ether oxygens (including phenoxy) is 1. The van der Waals surface area contributed by atoms with Crippen molar-refractivity contribution in [3.8, 4) is 11.1 Å². The second kappa shape index (κ2) is 16.1. The Morgan fingerprint density at radius 2 is 1.33 bits per heavy atom. The molecule has 11 heteroatoms. The number of carbonyl (C=O) groups is 4. The number of rotatable bonds is 13. The number of anilines is 1. The molecule has 0 aromatic heterocycles. The second-order valence-corrected chi connectivity index (χ2v) is 11.2. The van der Waals surface area contributed by atoms with Crippen molar-refractivity contribution in [3.05, 3.63) is 125 Å².